The number of halogens is 1. The van der Waals surface area contributed by atoms with E-state index in [0.29, 0.717) is 12.5 Å². The van der Waals surface area contributed by atoms with E-state index < -0.39 is 0 Å². The van der Waals surface area contributed by atoms with Crippen LogP contribution in [0.25, 0.3) is 4.91 Å². The van der Waals surface area contributed by atoms with Crippen LogP contribution >= 0.6 is 11.8 Å². The van der Waals surface area contributed by atoms with Crippen molar-refractivity contribution in [2.24, 2.45) is 5.92 Å². The molecule has 0 saturated carbocycles. The lowest BCUT2D eigenvalue weighted by Crippen LogP contribution is -2.51. The summed E-state index contributed by atoms with van der Waals surface area (Å²) >= 11 is 1.94. The van der Waals surface area contributed by atoms with Gasteiger partial charge in [0.2, 0.25) is 0 Å². The van der Waals surface area contributed by atoms with Gasteiger partial charge in [-0.25, -0.2) is 4.39 Å². The molecule has 2 unspecified atom stereocenters. The van der Waals surface area contributed by atoms with Crippen LogP contribution in [0.1, 0.15) is 25.0 Å². The molecular formula is C21H20FNOS. The molecule has 5 rings (SSSR count). The molecule has 2 atom stereocenters. The van der Waals surface area contributed by atoms with E-state index in [-0.39, 0.29) is 17.3 Å². The van der Waals surface area contributed by atoms with Crippen molar-refractivity contribution in [1.29, 1.82) is 0 Å². The van der Waals surface area contributed by atoms with Crippen LogP contribution in [-0.4, -0.2) is 18.4 Å². The maximum absolute atomic E-state index is 13.8. The zero-order valence-corrected chi connectivity index (χ0v) is 15.1. The predicted octanol–water partition coefficient (Wildman–Crippen LogP) is 5.06. The molecule has 3 heterocycles. The van der Waals surface area contributed by atoms with Gasteiger partial charge < -0.3 is 10.1 Å². The summed E-state index contributed by atoms with van der Waals surface area (Å²) in [7, 11) is 0. The second-order valence-corrected chi connectivity index (χ2v) is 8.62. The molecule has 3 aliphatic rings. The fraction of sp³-hybridized carbons (Fsp3) is 0.333. The minimum Gasteiger partial charge on any atom is -0.488 e. The van der Waals surface area contributed by atoms with Crippen molar-refractivity contribution in [3.8, 4) is 5.75 Å². The van der Waals surface area contributed by atoms with Gasteiger partial charge in [0.1, 0.15) is 18.2 Å². The molecule has 3 aliphatic heterocycles. The molecule has 25 heavy (non-hydrogen) atoms. The zero-order valence-electron chi connectivity index (χ0n) is 14.3. The van der Waals surface area contributed by atoms with E-state index in [2.05, 4.69) is 31.3 Å². The molecule has 0 radical (unpaired) electrons. The minimum atomic E-state index is -0.190. The quantitative estimate of drug-likeness (QED) is 0.715. The van der Waals surface area contributed by atoms with Crippen LogP contribution < -0.4 is 10.1 Å². The molecule has 128 valence electrons. The average molecular weight is 353 g/mol. The minimum absolute atomic E-state index is 0.0125. The SMILES string of the molecule is CC1(C)c2ccc(F)cc2NC2C3=C(SCC21)c1ccccc1OC3. The molecule has 4 heteroatoms. The third-order valence-corrected chi connectivity index (χ3v) is 7.20. The number of para-hydroxylation sites is 1. The highest BCUT2D eigenvalue weighted by atomic mass is 32.2. The number of anilines is 1. The van der Waals surface area contributed by atoms with Crippen LogP contribution in [0, 0.1) is 11.7 Å². The predicted molar refractivity (Wildman–Crippen MR) is 102 cm³/mol. The van der Waals surface area contributed by atoms with Crippen LogP contribution in [0.3, 0.4) is 0 Å². The number of nitrogens with one attached hydrogen (secondary N) is 1. The van der Waals surface area contributed by atoms with Crippen molar-refractivity contribution in [2.75, 3.05) is 17.7 Å². The van der Waals surface area contributed by atoms with Crippen LogP contribution in [0.15, 0.2) is 48.0 Å². The Morgan fingerprint density at radius 3 is 2.92 bits per heavy atom. The topological polar surface area (TPSA) is 21.3 Å². The summed E-state index contributed by atoms with van der Waals surface area (Å²) in [5, 5.41) is 3.63. The van der Waals surface area contributed by atoms with Crippen molar-refractivity contribution in [2.45, 2.75) is 25.3 Å². The highest BCUT2D eigenvalue weighted by Gasteiger charge is 2.47. The molecule has 2 aromatic carbocycles. The first kappa shape index (κ1) is 15.3. The van der Waals surface area contributed by atoms with Gasteiger partial charge in [-0.15, -0.1) is 11.8 Å². The highest BCUT2D eigenvalue weighted by molar-refractivity contribution is 8.08. The molecule has 0 saturated heterocycles. The van der Waals surface area contributed by atoms with E-state index in [1.54, 1.807) is 12.1 Å². The van der Waals surface area contributed by atoms with E-state index in [1.165, 1.54) is 21.6 Å². The van der Waals surface area contributed by atoms with Gasteiger partial charge in [-0.2, -0.15) is 0 Å². The van der Waals surface area contributed by atoms with Crippen LogP contribution in [0.2, 0.25) is 0 Å². The number of rotatable bonds is 0. The number of hydrogen-bond acceptors (Lipinski definition) is 3. The fourth-order valence-electron chi connectivity index (χ4n) is 4.47. The van der Waals surface area contributed by atoms with E-state index in [0.717, 1.165) is 17.2 Å². The molecule has 2 aromatic rings. The van der Waals surface area contributed by atoms with E-state index >= 15 is 0 Å². The van der Waals surface area contributed by atoms with Gasteiger partial charge >= 0.3 is 0 Å². The normalized spacial score (nSPS) is 25.7. The summed E-state index contributed by atoms with van der Waals surface area (Å²) in [6.07, 6.45) is 0. The molecule has 1 N–H and O–H groups in total. The van der Waals surface area contributed by atoms with Gasteiger partial charge in [0, 0.05) is 33.4 Å². The first-order chi connectivity index (χ1) is 12.1. The van der Waals surface area contributed by atoms with Crippen molar-refractivity contribution in [1.82, 2.24) is 0 Å². The summed E-state index contributed by atoms with van der Waals surface area (Å²) in [6, 6.07) is 13.6. The number of ether oxygens (including phenoxy) is 1. The Hall–Kier alpha value is -1.94. The van der Waals surface area contributed by atoms with Crippen LogP contribution in [0.5, 0.6) is 5.75 Å². The number of hydrogen-bond donors (Lipinski definition) is 1. The largest absolute Gasteiger partial charge is 0.488 e. The Morgan fingerprint density at radius 1 is 1.20 bits per heavy atom. The van der Waals surface area contributed by atoms with Crippen LogP contribution in [-0.2, 0) is 5.41 Å². The molecule has 0 fully saturated rings. The van der Waals surface area contributed by atoms with Gasteiger partial charge in [0.25, 0.3) is 0 Å². The number of thioether (sulfide) groups is 1. The molecule has 0 bridgehead atoms. The first-order valence-electron chi connectivity index (χ1n) is 8.70. The fourth-order valence-corrected chi connectivity index (χ4v) is 6.12. The molecule has 0 spiro atoms. The Labute approximate surface area is 151 Å². The Balaban J connectivity index is 1.65. The standard InChI is InChI=1S/C21H20FNOS/c1-21(2)15-8-7-12(22)9-17(15)23-19-14-10-24-18-6-4-3-5-13(18)20(14)25-11-16(19)21/h3-9,16,19,23H,10-11H2,1-2H3. The molecule has 2 nitrogen and oxygen atoms in total. The lowest BCUT2D eigenvalue weighted by atomic mass is 9.66. The summed E-state index contributed by atoms with van der Waals surface area (Å²) in [5.41, 5.74) is 4.61. The van der Waals surface area contributed by atoms with E-state index in [9.17, 15) is 4.39 Å². The second kappa shape index (κ2) is 5.28. The summed E-state index contributed by atoms with van der Waals surface area (Å²) in [5.74, 6) is 2.27. The molecule has 0 aliphatic carbocycles. The Kier molecular flexibility index (Phi) is 3.23. The first-order valence-corrected chi connectivity index (χ1v) is 9.69. The van der Waals surface area contributed by atoms with Crippen molar-refractivity contribution >= 4 is 22.4 Å². The Bertz CT molecular complexity index is 905. The van der Waals surface area contributed by atoms with E-state index in [4.69, 9.17) is 4.74 Å². The van der Waals surface area contributed by atoms with E-state index in [1.807, 2.05) is 30.0 Å². The number of benzene rings is 2. The van der Waals surface area contributed by atoms with Gasteiger partial charge in [-0.3, -0.25) is 0 Å². The summed E-state index contributed by atoms with van der Waals surface area (Å²) < 4.78 is 19.9. The zero-order chi connectivity index (χ0) is 17.2. The highest BCUT2D eigenvalue weighted by Crippen LogP contribution is 2.54. The summed E-state index contributed by atoms with van der Waals surface area (Å²) in [6.45, 7) is 5.17. The molecular weight excluding hydrogens is 333 g/mol. The maximum Gasteiger partial charge on any atom is 0.128 e. The van der Waals surface area contributed by atoms with Crippen molar-refractivity contribution in [3.63, 3.8) is 0 Å². The Morgan fingerprint density at radius 2 is 2.04 bits per heavy atom. The second-order valence-electron chi connectivity index (χ2n) is 7.59. The molecule has 0 amide bonds. The maximum atomic E-state index is 13.8. The third-order valence-electron chi connectivity index (χ3n) is 5.91. The smallest absolute Gasteiger partial charge is 0.128 e. The van der Waals surface area contributed by atoms with Gasteiger partial charge in [-0.1, -0.05) is 38.1 Å². The third kappa shape index (κ3) is 2.16. The monoisotopic (exact) mass is 353 g/mol. The van der Waals surface area contributed by atoms with Crippen LogP contribution in [0.4, 0.5) is 10.1 Å². The van der Waals surface area contributed by atoms with Crippen molar-refractivity contribution in [3.05, 3.63) is 65.0 Å². The lowest BCUT2D eigenvalue weighted by molar-refractivity contribution is 0.282. The number of fused-ring (bicyclic) bond motifs is 5. The summed E-state index contributed by atoms with van der Waals surface area (Å²) in [4.78, 5) is 1.34. The van der Waals surface area contributed by atoms with Gasteiger partial charge in [0.15, 0.2) is 0 Å². The molecule has 0 aromatic heterocycles. The average Bonchev–Trinajstić information content (AvgIpc) is 2.61. The van der Waals surface area contributed by atoms with Gasteiger partial charge in [0.05, 0.1) is 6.04 Å². The van der Waals surface area contributed by atoms with Crippen molar-refractivity contribution < 1.29 is 9.13 Å². The van der Waals surface area contributed by atoms with Gasteiger partial charge in [-0.05, 0) is 29.2 Å². The lowest BCUT2D eigenvalue weighted by Gasteiger charge is -2.50.